The molecule has 0 bridgehead atoms. The number of nitrogens with zero attached hydrogens (tertiary/aromatic N) is 4. The van der Waals surface area contributed by atoms with Gasteiger partial charge in [-0.25, -0.2) is 8.78 Å². The van der Waals surface area contributed by atoms with E-state index in [-0.39, 0.29) is 23.1 Å². The Morgan fingerprint density at radius 3 is 2.65 bits per heavy atom. The van der Waals surface area contributed by atoms with Crippen molar-refractivity contribution in [3.63, 3.8) is 0 Å². The number of aliphatic imine (C=N–C) groups is 1. The van der Waals surface area contributed by atoms with Crippen LogP contribution in [-0.4, -0.2) is 25.9 Å². The highest BCUT2D eigenvalue weighted by molar-refractivity contribution is 6.31. The van der Waals surface area contributed by atoms with Crippen LogP contribution < -0.4 is 10.3 Å². The molecule has 0 spiro atoms. The van der Waals surface area contributed by atoms with E-state index in [2.05, 4.69) is 15.0 Å². The summed E-state index contributed by atoms with van der Waals surface area (Å²) in [5.41, 5.74) is 1.39. The van der Waals surface area contributed by atoms with Crippen molar-refractivity contribution >= 4 is 29.7 Å². The van der Waals surface area contributed by atoms with Crippen LogP contribution in [0, 0.1) is 18.6 Å². The number of hydrogen-bond donors (Lipinski definition) is 1. The predicted molar refractivity (Wildman–Crippen MR) is 141 cm³/mol. The summed E-state index contributed by atoms with van der Waals surface area (Å²) >= 11 is 6.24. The highest BCUT2D eigenvalue weighted by Gasteiger charge is 2.18. The van der Waals surface area contributed by atoms with Gasteiger partial charge in [0.15, 0.2) is 5.82 Å². The molecule has 3 heterocycles. The largest absolute Gasteiger partial charge is 0.485 e. The Morgan fingerprint density at radius 1 is 1.27 bits per heavy atom. The first-order valence-electron chi connectivity index (χ1n) is 11.3. The number of rotatable bonds is 8. The monoisotopic (exact) mass is 528 g/mol. The number of halogens is 3. The second-order valence-corrected chi connectivity index (χ2v) is 9.18. The Morgan fingerprint density at radius 2 is 2.00 bits per heavy atom. The number of aryl methyl sites for hydroxylation is 1. The van der Waals surface area contributed by atoms with Crippen LogP contribution in [0.4, 0.5) is 8.78 Å². The highest BCUT2D eigenvalue weighted by atomic mass is 35.5. The summed E-state index contributed by atoms with van der Waals surface area (Å²) in [7, 11) is 0. The first-order valence-corrected chi connectivity index (χ1v) is 11.7. The molecule has 0 saturated carbocycles. The molecule has 3 aromatic heterocycles. The zero-order valence-electron chi connectivity index (χ0n) is 21.1. The lowest BCUT2D eigenvalue weighted by Crippen LogP contribution is -2.20. The fourth-order valence-electron chi connectivity index (χ4n) is 3.30. The second-order valence-electron chi connectivity index (χ2n) is 8.80. The first-order chi connectivity index (χ1) is 17.4. The lowest BCUT2D eigenvalue weighted by Gasteiger charge is -2.17. The molecule has 3 aromatic rings. The molecule has 7 nitrogen and oxygen atoms in total. The number of allylic oxidation sites excluding steroid dienone is 2. The minimum atomic E-state index is -1.09. The van der Waals surface area contributed by atoms with Gasteiger partial charge in [0.05, 0.1) is 17.6 Å². The van der Waals surface area contributed by atoms with Gasteiger partial charge in [-0.1, -0.05) is 17.7 Å². The molecule has 10 heteroatoms. The van der Waals surface area contributed by atoms with Gasteiger partial charge in [-0.2, -0.15) is 0 Å². The van der Waals surface area contributed by atoms with Crippen molar-refractivity contribution in [2.45, 2.75) is 46.8 Å². The van der Waals surface area contributed by atoms with E-state index in [4.69, 9.17) is 16.3 Å². The lowest BCUT2D eigenvalue weighted by molar-refractivity contribution is 0.0738. The van der Waals surface area contributed by atoms with Crippen LogP contribution in [0.1, 0.15) is 50.3 Å². The van der Waals surface area contributed by atoms with Crippen molar-refractivity contribution in [2.75, 3.05) is 0 Å². The van der Waals surface area contributed by atoms with Crippen LogP contribution in [0.5, 0.6) is 5.75 Å². The molecule has 0 aromatic carbocycles. The van der Waals surface area contributed by atoms with Crippen LogP contribution in [0.25, 0.3) is 11.9 Å². The van der Waals surface area contributed by atoms with Crippen LogP contribution in [0.2, 0.25) is 5.02 Å². The molecule has 37 heavy (non-hydrogen) atoms. The summed E-state index contributed by atoms with van der Waals surface area (Å²) < 4.78 is 33.7. The maximum atomic E-state index is 13.8. The first kappa shape index (κ1) is 27.9. The van der Waals surface area contributed by atoms with Gasteiger partial charge in [-0.15, -0.1) is 0 Å². The normalized spacial score (nSPS) is 12.9. The Hall–Kier alpha value is -3.69. The van der Waals surface area contributed by atoms with Crippen molar-refractivity contribution in [3.05, 3.63) is 98.0 Å². The molecule has 0 unspecified atom stereocenters. The summed E-state index contributed by atoms with van der Waals surface area (Å²) in [4.78, 5) is 25.3. The van der Waals surface area contributed by atoms with Crippen LogP contribution in [0.15, 0.2) is 58.1 Å². The SMILES string of the molecule is C\C=C(/N=C\C(C)=C\n1c(C)cc(OCc2ncc(F)cc2F)c(Cl)c1=O)c1ccnc(C(C)(C)O)c1. The summed E-state index contributed by atoms with van der Waals surface area (Å²) in [6.07, 6.45) is 7.50. The Labute approximate surface area is 218 Å². The second kappa shape index (κ2) is 11.6. The fourth-order valence-corrected chi connectivity index (χ4v) is 3.50. The smallest absolute Gasteiger partial charge is 0.277 e. The number of aliphatic hydroxyl groups is 1. The van der Waals surface area contributed by atoms with Gasteiger partial charge < -0.3 is 9.84 Å². The molecule has 0 aliphatic heterocycles. The molecule has 0 fully saturated rings. The van der Waals surface area contributed by atoms with Gasteiger partial charge in [0.1, 0.15) is 34.5 Å². The van der Waals surface area contributed by atoms with Gasteiger partial charge in [-0.3, -0.25) is 24.3 Å². The minimum Gasteiger partial charge on any atom is -0.485 e. The van der Waals surface area contributed by atoms with Crippen molar-refractivity contribution in [2.24, 2.45) is 4.99 Å². The number of ether oxygens (including phenoxy) is 1. The summed E-state index contributed by atoms with van der Waals surface area (Å²) in [6, 6.07) is 5.80. The highest BCUT2D eigenvalue weighted by Crippen LogP contribution is 2.24. The van der Waals surface area contributed by atoms with Gasteiger partial charge >= 0.3 is 0 Å². The van der Waals surface area contributed by atoms with E-state index in [1.807, 2.05) is 13.0 Å². The van der Waals surface area contributed by atoms with Crippen LogP contribution >= 0.6 is 11.6 Å². The lowest BCUT2D eigenvalue weighted by atomic mass is 10.0. The number of hydrogen-bond acceptors (Lipinski definition) is 6. The third kappa shape index (κ3) is 6.96. The van der Waals surface area contributed by atoms with E-state index < -0.39 is 22.8 Å². The molecule has 0 saturated heterocycles. The predicted octanol–water partition coefficient (Wildman–Crippen LogP) is 5.68. The standard InChI is InChI=1S/C27H27ClF2N4O3/c1-6-21(18-7-8-31-24(10-18)27(4,5)36)32-12-16(2)14-34-17(3)9-23(25(28)26(34)35)37-15-22-20(30)11-19(29)13-33-22/h6-14,36H,15H2,1-5H3/b16-14+,21-6-,32-12-. The molecular formula is C27H27ClF2N4O3. The van der Waals surface area contributed by atoms with Crippen LogP contribution in [0.3, 0.4) is 0 Å². The number of aromatic nitrogens is 3. The van der Waals surface area contributed by atoms with Gasteiger partial charge in [0.2, 0.25) is 0 Å². The Balaban J connectivity index is 1.82. The summed E-state index contributed by atoms with van der Waals surface area (Å²) in [5, 5.41) is 10.0. The summed E-state index contributed by atoms with van der Waals surface area (Å²) in [6.45, 7) is 8.30. The maximum Gasteiger partial charge on any atom is 0.277 e. The van der Waals surface area contributed by atoms with E-state index in [1.165, 1.54) is 4.57 Å². The van der Waals surface area contributed by atoms with Crippen molar-refractivity contribution in [1.29, 1.82) is 0 Å². The molecule has 1 N–H and O–H groups in total. The van der Waals surface area contributed by atoms with Crippen LogP contribution in [-0.2, 0) is 12.2 Å². The molecule has 194 valence electrons. The minimum absolute atomic E-state index is 0.0576. The molecule has 0 atom stereocenters. The van der Waals surface area contributed by atoms with Crippen molar-refractivity contribution < 1.29 is 18.6 Å². The van der Waals surface area contributed by atoms with E-state index in [1.54, 1.807) is 64.5 Å². The molecule has 0 aliphatic carbocycles. The van der Waals surface area contributed by atoms with E-state index in [0.717, 1.165) is 11.8 Å². The molecule has 0 radical (unpaired) electrons. The van der Waals surface area contributed by atoms with Gasteiger partial charge in [0.25, 0.3) is 5.56 Å². The van der Waals surface area contributed by atoms with E-state index >= 15 is 0 Å². The average molecular weight is 529 g/mol. The molecule has 0 amide bonds. The zero-order valence-corrected chi connectivity index (χ0v) is 21.8. The van der Waals surface area contributed by atoms with Gasteiger partial charge in [-0.05, 0) is 52.3 Å². The molecule has 0 aliphatic rings. The average Bonchev–Trinajstić information content (AvgIpc) is 2.84. The third-order valence-electron chi connectivity index (χ3n) is 5.29. The van der Waals surface area contributed by atoms with E-state index in [0.29, 0.717) is 28.7 Å². The van der Waals surface area contributed by atoms with Crippen molar-refractivity contribution in [1.82, 2.24) is 14.5 Å². The van der Waals surface area contributed by atoms with Crippen molar-refractivity contribution in [3.8, 4) is 5.75 Å². The Kier molecular flexibility index (Phi) is 8.73. The maximum absolute atomic E-state index is 13.8. The molecular weight excluding hydrogens is 502 g/mol. The van der Waals surface area contributed by atoms with E-state index in [9.17, 15) is 18.7 Å². The quantitative estimate of drug-likeness (QED) is 0.380. The van der Waals surface area contributed by atoms with Gasteiger partial charge in [0, 0.05) is 42.0 Å². The topological polar surface area (TPSA) is 89.6 Å². The zero-order chi connectivity index (χ0) is 27.3. The summed E-state index contributed by atoms with van der Waals surface area (Å²) in [5.74, 6) is -1.60. The fraction of sp³-hybridized carbons (Fsp3) is 0.259. The Bertz CT molecular complexity index is 1460. The third-order valence-corrected chi connectivity index (χ3v) is 5.64. The molecule has 3 rings (SSSR count). The number of pyridine rings is 3.